The number of ether oxygens (including phenoxy) is 2. The van der Waals surface area contributed by atoms with E-state index in [-0.39, 0.29) is 22.2 Å². The van der Waals surface area contributed by atoms with Crippen LogP contribution in [-0.4, -0.2) is 37.1 Å². The Morgan fingerprint density at radius 2 is 2.03 bits per heavy atom. The fourth-order valence-electron chi connectivity index (χ4n) is 2.73. The number of methoxy groups -OCH3 is 1. The Hall–Kier alpha value is -3.75. The fraction of sp³-hybridized carbons (Fsp3) is 0.125. The van der Waals surface area contributed by atoms with Crippen LogP contribution in [0, 0.1) is 5.82 Å². The zero-order valence-electron chi connectivity index (χ0n) is 17.7. The number of rotatable bonds is 9. The van der Waals surface area contributed by atoms with Gasteiger partial charge in [0.15, 0.2) is 11.6 Å². The molecule has 0 aliphatic carbocycles. The van der Waals surface area contributed by atoms with Gasteiger partial charge in [0.1, 0.15) is 5.75 Å². The van der Waals surface area contributed by atoms with Gasteiger partial charge in [-0.3, -0.25) is 14.6 Å². The third kappa shape index (κ3) is 7.13. The third-order valence-corrected chi connectivity index (χ3v) is 4.63. The van der Waals surface area contributed by atoms with Crippen molar-refractivity contribution >= 4 is 35.2 Å². The van der Waals surface area contributed by atoms with Gasteiger partial charge in [-0.2, -0.15) is 0 Å². The first-order valence-corrected chi connectivity index (χ1v) is 10.3. The predicted octanol–water partition coefficient (Wildman–Crippen LogP) is 4.69. The van der Waals surface area contributed by atoms with Crippen LogP contribution in [0.25, 0.3) is 6.08 Å². The molecule has 0 radical (unpaired) electrons. The van der Waals surface area contributed by atoms with E-state index in [2.05, 4.69) is 15.6 Å². The van der Waals surface area contributed by atoms with Crippen molar-refractivity contribution in [3.8, 4) is 11.5 Å². The van der Waals surface area contributed by atoms with Crippen molar-refractivity contribution in [1.82, 2.24) is 10.3 Å². The molecule has 0 spiro atoms. The van der Waals surface area contributed by atoms with Gasteiger partial charge in [0.05, 0.1) is 23.4 Å². The molecule has 170 valence electrons. The third-order valence-electron chi connectivity index (χ3n) is 4.32. The van der Waals surface area contributed by atoms with Crippen molar-refractivity contribution in [2.45, 2.75) is 0 Å². The van der Waals surface area contributed by atoms with Gasteiger partial charge in [0, 0.05) is 31.6 Å². The molecule has 0 aliphatic heterocycles. The second-order valence-corrected chi connectivity index (χ2v) is 7.15. The molecular formula is C24H21ClFN3O4. The summed E-state index contributed by atoms with van der Waals surface area (Å²) in [5.74, 6) is -0.901. The Labute approximate surface area is 195 Å². The van der Waals surface area contributed by atoms with E-state index in [1.165, 1.54) is 49.7 Å². The number of pyridine rings is 1. The van der Waals surface area contributed by atoms with E-state index in [9.17, 15) is 14.0 Å². The van der Waals surface area contributed by atoms with Gasteiger partial charge in [0.2, 0.25) is 5.91 Å². The van der Waals surface area contributed by atoms with Crippen molar-refractivity contribution in [3.63, 3.8) is 0 Å². The lowest BCUT2D eigenvalue weighted by Crippen LogP contribution is -2.27. The molecule has 2 amide bonds. The van der Waals surface area contributed by atoms with E-state index in [0.717, 1.165) is 0 Å². The topological polar surface area (TPSA) is 89.6 Å². The highest BCUT2D eigenvalue weighted by Crippen LogP contribution is 2.25. The molecule has 33 heavy (non-hydrogen) atoms. The molecule has 0 bridgehead atoms. The summed E-state index contributed by atoms with van der Waals surface area (Å²) in [5, 5.41) is 5.51. The summed E-state index contributed by atoms with van der Waals surface area (Å²) in [7, 11) is 1.54. The molecule has 0 saturated heterocycles. The van der Waals surface area contributed by atoms with Gasteiger partial charge in [-0.25, -0.2) is 4.39 Å². The zero-order chi connectivity index (χ0) is 23.6. The van der Waals surface area contributed by atoms with E-state index < -0.39 is 11.7 Å². The summed E-state index contributed by atoms with van der Waals surface area (Å²) < 4.78 is 24.6. The summed E-state index contributed by atoms with van der Waals surface area (Å²) >= 11 is 6.16. The van der Waals surface area contributed by atoms with Crippen LogP contribution < -0.4 is 15.4 Å². The lowest BCUT2D eigenvalue weighted by molar-refractivity contribution is -0.111. The molecule has 0 aliphatic rings. The second-order valence-electron chi connectivity index (χ2n) is 6.75. The predicted molar refractivity (Wildman–Crippen MR) is 124 cm³/mol. The van der Waals surface area contributed by atoms with Crippen LogP contribution >= 0.6 is 11.6 Å². The van der Waals surface area contributed by atoms with Gasteiger partial charge in [-0.1, -0.05) is 17.7 Å². The largest absolute Gasteiger partial charge is 0.453 e. The summed E-state index contributed by atoms with van der Waals surface area (Å²) in [4.78, 5) is 28.2. The molecule has 9 heteroatoms. The number of amides is 2. The number of carbonyl (C=O) groups is 2. The van der Waals surface area contributed by atoms with Gasteiger partial charge in [-0.05, 0) is 54.1 Å². The van der Waals surface area contributed by atoms with E-state index in [1.54, 1.807) is 30.5 Å². The molecular weight excluding hydrogens is 449 g/mol. The number of nitrogens with one attached hydrogen (secondary N) is 2. The average Bonchev–Trinajstić information content (AvgIpc) is 2.80. The highest BCUT2D eigenvalue weighted by atomic mass is 35.5. The number of aromatic nitrogens is 1. The van der Waals surface area contributed by atoms with Crippen LogP contribution in [0.4, 0.5) is 10.1 Å². The minimum absolute atomic E-state index is 0.0468. The summed E-state index contributed by atoms with van der Waals surface area (Å²) in [6.45, 7) is 0.736. The summed E-state index contributed by atoms with van der Waals surface area (Å²) in [6.07, 6.45) is 5.79. The molecule has 0 unspecified atom stereocenters. The van der Waals surface area contributed by atoms with E-state index >= 15 is 0 Å². The van der Waals surface area contributed by atoms with Crippen LogP contribution in [0.2, 0.25) is 5.02 Å². The van der Waals surface area contributed by atoms with E-state index in [1.807, 2.05) is 0 Å². The lowest BCUT2D eigenvalue weighted by atomic mass is 10.1. The van der Waals surface area contributed by atoms with Crippen LogP contribution in [0.5, 0.6) is 11.5 Å². The van der Waals surface area contributed by atoms with Gasteiger partial charge in [-0.15, -0.1) is 0 Å². The van der Waals surface area contributed by atoms with Crippen molar-refractivity contribution in [3.05, 3.63) is 89.0 Å². The molecule has 0 atom stereocenters. The molecule has 2 aromatic carbocycles. The normalized spacial score (nSPS) is 10.8. The molecule has 0 fully saturated rings. The Balaban J connectivity index is 1.59. The molecule has 1 aromatic heterocycles. The van der Waals surface area contributed by atoms with Crippen LogP contribution in [-0.2, 0) is 9.53 Å². The molecule has 3 rings (SSSR count). The zero-order valence-corrected chi connectivity index (χ0v) is 18.4. The quantitative estimate of drug-likeness (QED) is 0.350. The Morgan fingerprint density at radius 3 is 2.73 bits per heavy atom. The Kier molecular flexibility index (Phi) is 8.51. The summed E-state index contributed by atoms with van der Waals surface area (Å²) in [6, 6.07) is 12.2. The highest BCUT2D eigenvalue weighted by Gasteiger charge is 2.11. The smallest absolute Gasteiger partial charge is 0.252 e. The number of anilines is 1. The van der Waals surface area contributed by atoms with Crippen molar-refractivity contribution < 1.29 is 23.5 Å². The van der Waals surface area contributed by atoms with Gasteiger partial charge >= 0.3 is 0 Å². The molecule has 3 aromatic rings. The van der Waals surface area contributed by atoms with Crippen LogP contribution in [0.15, 0.2) is 67.0 Å². The monoisotopic (exact) mass is 469 g/mol. The van der Waals surface area contributed by atoms with Crippen molar-refractivity contribution in [2.24, 2.45) is 0 Å². The number of nitrogens with zero attached hydrogens (tertiary/aromatic N) is 1. The first-order valence-electron chi connectivity index (χ1n) is 9.89. The minimum Gasteiger partial charge on any atom is -0.453 e. The Morgan fingerprint density at radius 1 is 1.18 bits per heavy atom. The maximum atomic E-state index is 14.3. The summed E-state index contributed by atoms with van der Waals surface area (Å²) in [5.41, 5.74) is 1.17. The molecule has 0 saturated carbocycles. The van der Waals surface area contributed by atoms with Crippen molar-refractivity contribution in [2.75, 3.05) is 25.6 Å². The maximum absolute atomic E-state index is 14.3. The lowest BCUT2D eigenvalue weighted by Gasteiger charge is -2.08. The SMILES string of the molecule is COCCNC(=O)c1ccc(NC(=O)/C=C/c2ccc(Oc3cccnc3)c(F)c2)cc1Cl. The molecule has 2 N–H and O–H groups in total. The molecule has 7 nitrogen and oxygen atoms in total. The Bertz CT molecular complexity index is 1160. The maximum Gasteiger partial charge on any atom is 0.252 e. The standard InChI is InChI=1S/C24H21ClFN3O4/c1-32-12-11-28-24(31)19-7-6-17(14-20(19)25)29-23(30)9-5-16-4-8-22(21(26)13-16)33-18-3-2-10-27-15-18/h2-10,13-15H,11-12H2,1H3,(H,28,31)(H,29,30)/b9-5+. The highest BCUT2D eigenvalue weighted by molar-refractivity contribution is 6.34. The number of halogens is 2. The van der Waals surface area contributed by atoms with Crippen LogP contribution in [0.1, 0.15) is 15.9 Å². The molecule has 1 heterocycles. The minimum atomic E-state index is -0.576. The number of carbonyl (C=O) groups excluding carboxylic acids is 2. The fourth-order valence-corrected chi connectivity index (χ4v) is 3.00. The second kappa shape index (κ2) is 11.8. The number of hydrogen-bond donors (Lipinski definition) is 2. The van der Waals surface area contributed by atoms with E-state index in [0.29, 0.717) is 30.2 Å². The van der Waals surface area contributed by atoms with Gasteiger partial charge in [0.25, 0.3) is 5.91 Å². The number of hydrogen-bond acceptors (Lipinski definition) is 5. The first-order chi connectivity index (χ1) is 16.0. The van der Waals surface area contributed by atoms with Crippen molar-refractivity contribution in [1.29, 1.82) is 0 Å². The van der Waals surface area contributed by atoms with Crippen LogP contribution in [0.3, 0.4) is 0 Å². The first kappa shape index (κ1) is 23.9. The van der Waals surface area contributed by atoms with Gasteiger partial charge < -0.3 is 20.1 Å². The van der Waals surface area contributed by atoms with E-state index in [4.69, 9.17) is 21.1 Å². The average molecular weight is 470 g/mol. The number of benzene rings is 2.